The Labute approximate surface area is 98.0 Å². The maximum Gasteiger partial charge on any atom is 0.111 e. The summed E-state index contributed by atoms with van der Waals surface area (Å²) in [6, 6.07) is 0. The molecule has 0 radical (unpaired) electrons. The van der Waals surface area contributed by atoms with E-state index in [1.54, 1.807) is 0 Å². The van der Waals surface area contributed by atoms with Crippen LogP contribution in [-0.2, 0) is 4.74 Å². The Morgan fingerprint density at radius 3 is 2.94 bits per heavy atom. The molecule has 2 nitrogen and oxygen atoms in total. The largest absolute Gasteiger partial charge is 0.491 e. The highest BCUT2D eigenvalue weighted by Crippen LogP contribution is 2.43. The first kappa shape index (κ1) is 10.4. The summed E-state index contributed by atoms with van der Waals surface area (Å²) in [6.07, 6.45) is 12.8. The van der Waals surface area contributed by atoms with Gasteiger partial charge in [-0.25, -0.2) is 0 Å². The SMILES string of the molecule is CN1CCC2(CCC3CC=CC=C3O2)CC1. The molecular formula is C14H21NO. The van der Waals surface area contributed by atoms with Gasteiger partial charge in [-0.1, -0.05) is 12.2 Å². The molecule has 2 heterocycles. The molecule has 0 aromatic rings. The van der Waals surface area contributed by atoms with Gasteiger partial charge in [-0.3, -0.25) is 0 Å². The number of hydrogen-bond acceptors (Lipinski definition) is 2. The fourth-order valence-corrected chi connectivity index (χ4v) is 3.15. The lowest BCUT2D eigenvalue weighted by Gasteiger charge is -2.46. The molecule has 1 atom stereocenters. The van der Waals surface area contributed by atoms with E-state index in [0.29, 0.717) is 5.92 Å². The zero-order valence-electron chi connectivity index (χ0n) is 10.1. The van der Waals surface area contributed by atoms with Crippen molar-refractivity contribution in [1.82, 2.24) is 4.90 Å². The number of hydrogen-bond donors (Lipinski definition) is 0. The average molecular weight is 219 g/mol. The summed E-state index contributed by atoms with van der Waals surface area (Å²) in [5, 5.41) is 0. The van der Waals surface area contributed by atoms with Crippen LogP contribution in [0.25, 0.3) is 0 Å². The van der Waals surface area contributed by atoms with E-state index in [1.807, 2.05) is 0 Å². The molecule has 1 spiro atoms. The third-order valence-electron chi connectivity index (χ3n) is 4.40. The molecule has 2 saturated heterocycles. The first-order chi connectivity index (χ1) is 7.77. The predicted molar refractivity (Wildman–Crippen MR) is 65.1 cm³/mol. The van der Waals surface area contributed by atoms with Crippen LogP contribution in [0.15, 0.2) is 24.0 Å². The van der Waals surface area contributed by atoms with E-state index < -0.39 is 0 Å². The molecule has 0 saturated carbocycles. The highest BCUT2D eigenvalue weighted by molar-refractivity contribution is 5.19. The lowest BCUT2D eigenvalue weighted by molar-refractivity contribution is -0.0855. The van der Waals surface area contributed by atoms with Crippen molar-refractivity contribution in [1.29, 1.82) is 0 Å². The normalized spacial score (nSPS) is 33.1. The Bertz CT molecular complexity index is 324. The predicted octanol–water partition coefficient (Wildman–Crippen LogP) is 2.72. The van der Waals surface area contributed by atoms with E-state index in [1.165, 1.54) is 51.0 Å². The van der Waals surface area contributed by atoms with Crippen molar-refractivity contribution in [2.24, 2.45) is 5.92 Å². The molecule has 1 unspecified atom stereocenters. The summed E-state index contributed by atoms with van der Waals surface area (Å²) >= 11 is 0. The van der Waals surface area contributed by atoms with Crippen molar-refractivity contribution in [2.45, 2.75) is 37.7 Å². The Hall–Kier alpha value is -0.760. The lowest BCUT2D eigenvalue weighted by Crippen LogP contribution is -2.47. The summed E-state index contributed by atoms with van der Waals surface area (Å²) in [7, 11) is 2.21. The molecule has 3 rings (SSSR count). The van der Waals surface area contributed by atoms with Gasteiger partial charge in [0, 0.05) is 19.0 Å². The van der Waals surface area contributed by atoms with Crippen molar-refractivity contribution >= 4 is 0 Å². The molecular weight excluding hydrogens is 198 g/mol. The fourth-order valence-electron chi connectivity index (χ4n) is 3.15. The van der Waals surface area contributed by atoms with Crippen molar-refractivity contribution in [2.75, 3.05) is 20.1 Å². The van der Waals surface area contributed by atoms with E-state index in [4.69, 9.17) is 4.74 Å². The van der Waals surface area contributed by atoms with E-state index in [9.17, 15) is 0 Å². The van der Waals surface area contributed by atoms with Gasteiger partial charge in [0.2, 0.25) is 0 Å². The quantitative estimate of drug-likeness (QED) is 0.621. The minimum atomic E-state index is 0.181. The first-order valence-electron chi connectivity index (χ1n) is 6.52. The van der Waals surface area contributed by atoms with Crippen molar-refractivity contribution in [3.63, 3.8) is 0 Å². The van der Waals surface area contributed by atoms with Gasteiger partial charge in [0.1, 0.15) is 11.4 Å². The maximum absolute atomic E-state index is 6.35. The Morgan fingerprint density at radius 2 is 2.12 bits per heavy atom. The molecule has 2 fully saturated rings. The molecule has 0 aromatic heterocycles. The van der Waals surface area contributed by atoms with Crippen molar-refractivity contribution in [3.05, 3.63) is 24.0 Å². The number of allylic oxidation sites excluding steroid dienone is 4. The molecule has 2 heteroatoms. The molecule has 0 N–H and O–H groups in total. The number of likely N-dealkylation sites (tertiary alicyclic amines) is 1. The van der Waals surface area contributed by atoms with E-state index in [2.05, 4.69) is 30.2 Å². The zero-order valence-corrected chi connectivity index (χ0v) is 10.1. The van der Waals surface area contributed by atoms with Crippen molar-refractivity contribution in [3.8, 4) is 0 Å². The molecule has 0 bridgehead atoms. The van der Waals surface area contributed by atoms with E-state index in [-0.39, 0.29) is 5.60 Å². The molecule has 2 aliphatic heterocycles. The molecule has 16 heavy (non-hydrogen) atoms. The van der Waals surface area contributed by atoms with Gasteiger partial charge in [0.05, 0.1) is 0 Å². The van der Waals surface area contributed by atoms with Crippen LogP contribution in [0.1, 0.15) is 32.1 Å². The summed E-state index contributed by atoms with van der Waals surface area (Å²) in [4.78, 5) is 2.41. The fraction of sp³-hybridized carbons (Fsp3) is 0.714. The smallest absolute Gasteiger partial charge is 0.111 e. The summed E-state index contributed by atoms with van der Waals surface area (Å²) in [5.41, 5.74) is 0.181. The topological polar surface area (TPSA) is 12.5 Å². The van der Waals surface area contributed by atoms with E-state index in [0.717, 1.165) is 0 Å². The summed E-state index contributed by atoms with van der Waals surface area (Å²) in [5.74, 6) is 1.94. The third-order valence-corrected chi connectivity index (χ3v) is 4.40. The van der Waals surface area contributed by atoms with Crippen LogP contribution in [-0.4, -0.2) is 30.6 Å². The first-order valence-corrected chi connectivity index (χ1v) is 6.52. The van der Waals surface area contributed by atoms with Crippen LogP contribution >= 0.6 is 0 Å². The summed E-state index contributed by atoms with van der Waals surface area (Å²) in [6.45, 7) is 2.38. The second kappa shape index (κ2) is 3.92. The zero-order chi connectivity index (χ0) is 11.0. The molecule has 3 aliphatic rings. The number of nitrogens with zero attached hydrogens (tertiary/aromatic N) is 1. The second-order valence-electron chi connectivity index (χ2n) is 5.56. The Balaban J connectivity index is 1.74. The number of piperidine rings is 1. The number of rotatable bonds is 0. The molecule has 0 aromatic carbocycles. The average Bonchev–Trinajstić information content (AvgIpc) is 2.33. The third kappa shape index (κ3) is 1.80. The van der Waals surface area contributed by atoms with Gasteiger partial charge in [0.15, 0.2) is 0 Å². The Kier molecular flexibility index (Phi) is 2.55. The highest BCUT2D eigenvalue weighted by Gasteiger charge is 2.41. The second-order valence-corrected chi connectivity index (χ2v) is 5.56. The summed E-state index contributed by atoms with van der Waals surface area (Å²) < 4.78 is 6.35. The minimum Gasteiger partial charge on any atom is -0.491 e. The van der Waals surface area contributed by atoms with Gasteiger partial charge in [-0.05, 0) is 45.2 Å². The maximum atomic E-state index is 6.35. The van der Waals surface area contributed by atoms with Crippen molar-refractivity contribution < 1.29 is 4.74 Å². The number of ether oxygens (including phenoxy) is 1. The van der Waals surface area contributed by atoms with Crippen LogP contribution in [0.3, 0.4) is 0 Å². The van der Waals surface area contributed by atoms with E-state index >= 15 is 0 Å². The molecule has 0 amide bonds. The highest BCUT2D eigenvalue weighted by atomic mass is 16.5. The standard InChI is InChI=1S/C14H21NO/c1-15-10-8-14(9-11-15)7-6-12-4-2-3-5-13(12)16-14/h2-3,5,12H,4,6-11H2,1H3. The molecule has 88 valence electrons. The van der Waals surface area contributed by atoms with Gasteiger partial charge in [0.25, 0.3) is 0 Å². The Morgan fingerprint density at radius 1 is 1.31 bits per heavy atom. The van der Waals surface area contributed by atoms with Gasteiger partial charge in [-0.2, -0.15) is 0 Å². The lowest BCUT2D eigenvalue weighted by atomic mass is 9.79. The van der Waals surface area contributed by atoms with Gasteiger partial charge < -0.3 is 9.64 Å². The van der Waals surface area contributed by atoms with Crippen LogP contribution in [0.2, 0.25) is 0 Å². The monoisotopic (exact) mass is 219 g/mol. The minimum absolute atomic E-state index is 0.181. The molecule has 1 aliphatic carbocycles. The van der Waals surface area contributed by atoms with Gasteiger partial charge >= 0.3 is 0 Å². The van der Waals surface area contributed by atoms with Crippen LogP contribution in [0, 0.1) is 5.92 Å². The number of fused-ring (bicyclic) bond motifs is 1. The van der Waals surface area contributed by atoms with Gasteiger partial charge in [-0.15, -0.1) is 0 Å². The van der Waals surface area contributed by atoms with Crippen LogP contribution < -0.4 is 0 Å². The van der Waals surface area contributed by atoms with Crippen LogP contribution in [0.4, 0.5) is 0 Å². The van der Waals surface area contributed by atoms with Crippen LogP contribution in [0.5, 0.6) is 0 Å².